The van der Waals surface area contributed by atoms with Gasteiger partial charge in [0.1, 0.15) is 22.7 Å². The summed E-state index contributed by atoms with van der Waals surface area (Å²) in [7, 11) is 1.13. The smallest absolute Gasteiger partial charge is 0.260 e. The zero-order valence-corrected chi connectivity index (χ0v) is 26.0. The molecule has 1 unspecified atom stereocenters. The maximum absolute atomic E-state index is 14.2. The Labute approximate surface area is 279 Å². The molecule has 0 radical (unpaired) electrons. The Bertz CT molecular complexity index is 2590. The van der Waals surface area contributed by atoms with Gasteiger partial charge in [-0.25, -0.2) is 5.43 Å². The lowest BCUT2D eigenvalue weighted by Gasteiger charge is -2.22. The van der Waals surface area contributed by atoms with Crippen LogP contribution in [-0.2, 0) is 27.8 Å². The fourth-order valence-corrected chi connectivity index (χ4v) is 7.49. The normalized spacial score (nSPS) is 17.9. The first-order valence-corrected chi connectivity index (χ1v) is 15.3. The van der Waals surface area contributed by atoms with E-state index in [1.165, 1.54) is 18.3 Å². The summed E-state index contributed by atoms with van der Waals surface area (Å²) in [5.41, 5.74) is -1.12. The Morgan fingerprint density at radius 3 is 2.44 bits per heavy atom. The summed E-state index contributed by atoms with van der Waals surface area (Å²) < 4.78 is 4.93. The van der Waals surface area contributed by atoms with Gasteiger partial charge in [-0.15, -0.1) is 0 Å². The predicted molar refractivity (Wildman–Crippen MR) is 176 cm³/mol. The lowest BCUT2D eigenvalue weighted by Crippen LogP contribution is -2.36. The number of fused-ring (bicyclic) bond motifs is 6. The highest BCUT2D eigenvalue weighted by Gasteiger charge is 2.61. The van der Waals surface area contributed by atoms with Crippen LogP contribution in [-0.4, -0.2) is 67.7 Å². The van der Waals surface area contributed by atoms with Crippen molar-refractivity contribution in [2.75, 3.05) is 7.11 Å². The minimum atomic E-state index is -2.15. The molecule has 1 atom stereocenters. The molecule has 3 aromatic carbocycles. The standard InChI is InChI=1S/C36H24N4O10/c1-50-21-11-20(41)24-25(29(21)43)31(45)27-26(30(24)44)33(47)36(34(27)48)7-6-14-8-15-9-17(39-35(49)23(15)32(46)28(14)36)13-38-40-22(42)10-16-12-37-19-5-3-2-4-18(16)19/h2-5,8-9,11-13,37,44-46H,6-7,10H2,1H3,(H,39,49)(H,40,42). The number of nitrogens with one attached hydrogen (secondary N) is 3. The maximum atomic E-state index is 14.2. The predicted octanol–water partition coefficient (Wildman–Crippen LogP) is 2.99. The van der Waals surface area contributed by atoms with E-state index in [9.17, 15) is 44.1 Å². The monoisotopic (exact) mass is 672 g/mol. The number of hydrazone groups is 1. The number of phenolic OH excluding ortho intramolecular Hbond substituents is 3. The molecule has 8 rings (SSSR count). The van der Waals surface area contributed by atoms with Crippen LogP contribution >= 0.6 is 0 Å². The maximum Gasteiger partial charge on any atom is 0.260 e. The SMILES string of the molecule is COC1=CC(=O)c2c(O)c3c(c(O)c2C1=O)C(=O)C1(CCc2cc4cc(C=NNC(=O)Cc5c[nH]c6ccccc56)[nH]c(=O)c4c(O)c21)C3=O. The number of methoxy groups -OCH3 is 1. The van der Waals surface area contributed by atoms with E-state index in [1.807, 2.05) is 24.3 Å². The molecule has 1 spiro atoms. The number of hydrogen-bond acceptors (Lipinski definition) is 11. The minimum absolute atomic E-state index is 0.0501. The van der Waals surface area contributed by atoms with Crippen molar-refractivity contribution in [1.82, 2.24) is 15.4 Å². The summed E-state index contributed by atoms with van der Waals surface area (Å²) in [6, 6.07) is 10.6. The molecule has 14 heteroatoms. The van der Waals surface area contributed by atoms with Gasteiger partial charge in [0.15, 0.2) is 23.1 Å². The van der Waals surface area contributed by atoms with Crippen LogP contribution in [0.2, 0.25) is 0 Å². The molecule has 6 N–H and O–H groups in total. The fourth-order valence-electron chi connectivity index (χ4n) is 7.49. The number of ether oxygens (including phenoxy) is 1. The van der Waals surface area contributed by atoms with E-state index in [0.29, 0.717) is 5.56 Å². The summed E-state index contributed by atoms with van der Waals surface area (Å²) in [6.07, 6.45) is 3.71. The molecular formula is C36H24N4O10. The van der Waals surface area contributed by atoms with Crippen LogP contribution in [0.5, 0.6) is 17.2 Å². The number of hydrogen-bond donors (Lipinski definition) is 6. The molecule has 0 saturated carbocycles. The second-order valence-electron chi connectivity index (χ2n) is 12.3. The van der Waals surface area contributed by atoms with Gasteiger partial charge in [0, 0.05) is 28.7 Å². The highest BCUT2D eigenvalue weighted by molar-refractivity contribution is 6.39. The molecule has 0 bridgehead atoms. The third-order valence-electron chi connectivity index (χ3n) is 9.68. The van der Waals surface area contributed by atoms with E-state index in [0.717, 1.165) is 29.7 Å². The number of aryl methyl sites for hydroxylation is 1. The Morgan fingerprint density at radius 2 is 1.70 bits per heavy atom. The molecule has 2 aromatic heterocycles. The first kappa shape index (κ1) is 30.5. The number of para-hydroxylation sites is 1. The van der Waals surface area contributed by atoms with E-state index < -0.39 is 85.3 Å². The highest BCUT2D eigenvalue weighted by Crippen LogP contribution is 2.57. The molecular weight excluding hydrogens is 648 g/mol. The van der Waals surface area contributed by atoms with Gasteiger partial charge in [-0.2, -0.15) is 5.10 Å². The van der Waals surface area contributed by atoms with Crippen LogP contribution in [0.3, 0.4) is 0 Å². The second-order valence-corrected chi connectivity index (χ2v) is 12.3. The Balaban J connectivity index is 1.14. The van der Waals surface area contributed by atoms with Crippen molar-refractivity contribution in [2.24, 2.45) is 5.10 Å². The van der Waals surface area contributed by atoms with Crippen molar-refractivity contribution >= 4 is 56.9 Å². The molecule has 3 aliphatic carbocycles. The number of rotatable bonds is 5. The molecule has 14 nitrogen and oxygen atoms in total. The van der Waals surface area contributed by atoms with Crippen LogP contribution < -0.4 is 11.0 Å². The Morgan fingerprint density at radius 1 is 0.980 bits per heavy atom. The van der Waals surface area contributed by atoms with Crippen LogP contribution in [0.4, 0.5) is 0 Å². The molecule has 50 heavy (non-hydrogen) atoms. The van der Waals surface area contributed by atoms with Crippen LogP contribution in [0.15, 0.2) is 64.3 Å². The lowest BCUT2D eigenvalue weighted by atomic mass is 9.76. The Hall–Kier alpha value is -6.83. The number of H-pyrrole nitrogens is 2. The topological polar surface area (TPSA) is 228 Å². The lowest BCUT2D eigenvalue weighted by molar-refractivity contribution is -0.120. The number of amides is 1. The number of benzene rings is 3. The second kappa shape index (κ2) is 10.6. The van der Waals surface area contributed by atoms with Crippen molar-refractivity contribution in [1.29, 1.82) is 0 Å². The van der Waals surface area contributed by atoms with Gasteiger partial charge < -0.3 is 30.0 Å². The number of ketones is 4. The number of carbonyl (C=O) groups is 5. The summed E-state index contributed by atoms with van der Waals surface area (Å²) in [5.74, 6) is -7.29. The molecule has 2 heterocycles. The summed E-state index contributed by atoms with van der Waals surface area (Å²) in [6.45, 7) is 0. The van der Waals surface area contributed by atoms with Gasteiger partial charge in [-0.05, 0) is 41.5 Å². The molecule has 5 aromatic rings. The van der Waals surface area contributed by atoms with Crippen molar-refractivity contribution in [2.45, 2.75) is 24.7 Å². The summed E-state index contributed by atoms with van der Waals surface area (Å²) in [4.78, 5) is 85.8. The van der Waals surface area contributed by atoms with Gasteiger partial charge in [-0.1, -0.05) is 24.3 Å². The largest absolute Gasteiger partial charge is 0.507 e. The summed E-state index contributed by atoms with van der Waals surface area (Å²) >= 11 is 0. The first-order valence-electron chi connectivity index (χ1n) is 15.3. The fraction of sp³-hybridized carbons (Fsp3) is 0.139. The van der Waals surface area contributed by atoms with Crippen LogP contribution in [0, 0.1) is 0 Å². The molecule has 0 aliphatic heterocycles. The van der Waals surface area contributed by atoms with Gasteiger partial charge in [0.05, 0.1) is 53.1 Å². The number of carbonyl (C=O) groups excluding carboxylic acids is 5. The van der Waals surface area contributed by atoms with Gasteiger partial charge in [0.2, 0.25) is 11.7 Å². The number of phenols is 3. The van der Waals surface area contributed by atoms with Crippen molar-refractivity contribution in [3.8, 4) is 17.2 Å². The molecule has 0 fully saturated rings. The molecule has 3 aliphatic rings. The third kappa shape index (κ3) is 3.98. The quantitative estimate of drug-likeness (QED) is 0.0692. The van der Waals surface area contributed by atoms with E-state index >= 15 is 0 Å². The molecule has 0 saturated heterocycles. The minimum Gasteiger partial charge on any atom is -0.507 e. The van der Waals surface area contributed by atoms with Gasteiger partial charge in [-0.3, -0.25) is 28.8 Å². The zero-order chi connectivity index (χ0) is 35.2. The number of allylic oxidation sites excluding steroid dienone is 2. The zero-order valence-electron chi connectivity index (χ0n) is 26.0. The van der Waals surface area contributed by atoms with E-state index in [2.05, 4.69) is 20.5 Å². The summed E-state index contributed by atoms with van der Waals surface area (Å²) in [5, 5.41) is 38.8. The highest BCUT2D eigenvalue weighted by atomic mass is 16.5. The van der Waals surface area contributed by atoms with E-state index in [1.54, 1.807) is 6.20 Å². The molecule has 1 amide bonds. The first-order chi connectivity index (χ1) is 24.0. The van der Waals surface area contributed by atoms with Gasteiger partial charge in [0.25, 0.3) is 5.56 Å². The van der Waals surface area contributed by atoms with Gasteiger partial charge >= 0.3 is 0 Å². The average Bonchev–Trinajstić information content (AvgIpc) is 3.74. The van der Waals surface area contributed by atoms with Crippen molar-refractivity contribution < 1.29 is 44.0 Å². The van der Waals surface area contributed by atoms with Crippen LogP contribution in [0.1, 0.15) is 70.2 Å². The number of aromatic amines is 2. The molecule has 248 valence electrons. The van der Waals surface area contributed by atoms with Crippen molar-refractivity contribution in [3.05, 3.63) is 109 Å². The number of pyridine rings is 1. The number of aromatic hydroxyl groups is 3. The average molecular weight is 673 g/mol. The third-order valence-corrected chi connectivity index (χ3v) is 9.68. The van der Waals surface area contributed by atoms with E-state index in [4.69, 9.17) is 4.74 Å². The van der Waals surface area contributed by atoms with Crippen molar-refractivity contribution in [3.63, 3.8) is 0 Å². The number of Topliss-reactive ketones (excluding diaryl/α,β-unsaturated/α-hetero) is 3. The van der Waals surface area contributed by atoms with E-state index in [-0.39, 0.29) is 41.3 Å². The van der Waals surface area contributed by atoms with Crippen LogP contribution in [0.25, 0.3) is 21.7 Å². The Kier molecular flexibility index (Phi) is 6.46. The number of nitrogens with zero attached hydrogens (tertiary/aromatic N) is 1. The number of aromatic nitrogens is 2.